The molecule has 3 atom stereocenters. The molecule has 0 amide bonds. The summed E-state index contributed by atoms with van der Waals surface area (Å²) in [5.41, 5.74) is -7.95. The number of nitrogens with zero attached hydrogens (tertiary/aromatic N) is 2. The number of halogens is 1. The van der Waals surface area contributed by atoms with E-state index in [2.05, 4.69) is 0 Å². The van der Waals surface area contributed by atoms with Crippen LogP contribution in [0.1, 0.15) is 105 Å². The summed E-state index contributed by atoms with van der Waals surface area (Å²) < 4.78 is 42.1. The Morgan fingerprint density at radius 2 is 1.54 bits per heavy atom. The van der Waals surface area contributed by atoms with Crippen LogP contribution >= 0.6 is 0 Å². The molecule has 1 N–H and O–H groups in total. The fraction of sp³-hybridized carbons (Fsp3) is 0.742. The minimum Gasteiger partial charge on any atom is -0.463 e. The number of Topliss-reactive ketones (excluding diaryl/α,β-unsaturated/α-hetero) is 1. The van der Waals surface area contributed by atoms with Crippen LogP contribution in [-0.2, 0) is 50.5 Å². The lowest BCUT2D eigenvalue weighted by Gasteiger charge is -2.30. The van der Waals surface area contributed by atoms with Crippen molar-refractivity contribution in [2.24, 2.45) is 0 Å². The van der Waals surface area contributed by atoms with Gasteiger partial charge >= 0.3 is 23.8 Å². The molecule has 1 aromatic heterocycles. The quantitative estimate of drug-likeness (QED) is 0.123. The van der Waals surface area contributed by atoms with Crippen LogP contribution in [0.2, 0.25) is 0 Å². The van der Waals surface area contributed by atoms with E-state index in [1.165, 1.54) is 0 Å². The number of rotatable bonds is 20. The fourth-order valence-electron chi connectivity index (χ4n) is 4.86. The number of carbonyl (C=O) groups excluding carboxylic acids is 4. The highest BCUT2D eigenvalue weighted by molar-refractivity contribution is 5.89. The normalized spacial score (nSPS) is 20.7. The molecule has 260 valence electrons. The highest BCUT2D eigenvalue weighted by atomic mass is 19.1. The third kappa shape index (κ3) is 9.71. The number of esters is 2. The van der Waals surface area contributed by atoms with Crippen molar-refractivity contribution < 1.29 is 52.4 Å². The monoisotopic (exact) mass is 658 g/mol. The molecule has 0 radical (unpaired) electrons. The second-order valence-electron chi connectivity index (χ2n) is 11.2. The third-order valence-electron chi connectivity index (χ3n) is 7.55. The molecule has 0 spiro atoms. The van der Waals surface area contributed by atoms with Crippen molar-refractivity contribution in [2.75, 3.05) is 19.8 Å². The Hall–Kier alpha value is -3.59. The Morgan fingerprint density at radius 3 is 2.17 bits per heavy atom. The van der Waals surface area contributed by atoms with E-state index in [1.807, 2.05) is 20.8 Å². The van der Waals surface area contributed by atoms with E-state index in [0.29, 0.717) is 36.4 Å². The third-order valence-corrected chi connectivity index (χ3v) is 7.55. The predicted octanol–water partition coefficient (Wildman–Crippen LogP) is 3.46. The molecule has 46 heavy (non-hydrogen) atoms. The SMILES string of the molecule is CCCCCCC(=O)OCn1c(=O)c(F)cn([C@@]2(C(=O)CCC)C[C@@](O)(C(=O)OCCCC)[C@@H](COC(=O)OCCCC)O2)c1=O. The summed E-state index contributed by atoms with van der Waals surface area (Å²) in [6, 6.07) is 0. The number of hydrogen-bond donors (Lipinski definition) is 1. The van der Waals surface area contributed by atoms with E-state index in [9.17, 15) is 33.9 Å². The lowest BCUT2D eigenvalue weighted by atomic mass is 9.88. The summed E-state index contributed by atoms with van der Waals surface area (Å²) in [6.45, 7) is 5.55. The van der Waals surface area contributed by atoms with Crippen LogP contribution < -0.4 is 11.2 Å². The van der Waals surface area contributed by atoms with Gasteiger partial charge in [-0.3, -0.25) is 19.0 Å². The Kier molecular flexibility index (Phi) is 15.5. The largest absolute Gasteiger partial charge is 0.508 e. The first-order chi connectivity index (χ1) is 21.9. The molecule has 2 heterocycles. The lowest BCUT2D eigenvalue weighted by molar-refractivity contribution is -0.179. The predicted molar refractivity (Wildman–Crippen MR) is 160 cm³/mol. The topological polar surface area (TPSA) is 179 Å². The van der Waals surface area contributed by atoms with Gasteiger partial charge in [0.2, 0.25) is 11.5 Å². The molecule has 1 saturated heterocycles. The van der Waals surface area contributed by atoms with Gasteiger partial charge in [0.1, 0.15) is 12.7 Å². The van der Waals surface area contributed by atoms with E-state index >= 15 is 4.39 Å². The molecule has 1 aromatic rings. The summed E-state index contributed by atoms with van der Waals surface area (Å²) >= 11 is 0. The molecule has 1 aliphatic heterocycles. The highest BCUT2D eigenvalue weighted by Crippen LogP contribution is 2.43. The molecular weight excluding hydrogens is 611 g/mol. The van der Waals surface area contributed by atoms with Crippen molar-refractivity contribution in [3.05, 3.63) is 32.9 Å². The van der Waals surface area contributed by atoms with E-state index in [0.717, 1.165) is 25.7 Å². The molecule has 0 saturated carbocycles. The average Bonchev–Trinajstić information content (AvgIpc) is 3.34. The van der Waals surface area contributed by atoms with Crippen molar-refractivity contribution in [3.8, 4) is 0 Å². The number of aromatic nitrogens is 2. The summed E-state index contributed by atoms with van der Waals surface area (Å²) in [4.78, 5) is 77.8. The van der Waals surface area contributed by atoms with E-state index in [-0.39, 0.29) is 37.0 Å². The van der Waals surface area contributed by atoms with Crippen molar-refractivity contribution in [1.29, 1.82) is 0 Å². The lowest BCUT2D eigenvalue weighted by Crippen LogP contribution is -2.54. The summed E-state index contributed by atoms with van der Waals surface area (Å²) in [7, 11) is 0. The molecular formula is C31H47FN2O12. The van der Waals surface area contributed by atoms with Crippen molar-refractivity contribution in [2.45, 2.75) is 129 Å². The summed E-state index contributed by atoms with van der Waals surface area (Å²) in [6.07, 6.45) is 2.05. The van der Waals surface area contributed by atoms with Crippen molar-refractivity contribution >= 4 is 23.9 Å². The Morgan fingerprint density at radius 1 is 0.891 bits per heavy atom. The minimum absolute atomic E-state index is 0.00995. The zero-order valence-electron chi connectivity index (χ0n) is 27.2. The molecule has 1 aliphatic rings. The Balaban J connectivity index is 2.56. The van der Waals surface area contributed by atoms with Gasteiger partial charge in [-0.05, 0) is 25.7 Å². The fourth-order valence-corrected chi connectivity index (χ4v) is 4.86. The maximum absolute atomic E-state index is 15.1. The van der Waals surface area contributed by atoms with Gasteiger partial charge in [-0.25, -0.2) is 19.0 Å². The van der Waals surface area contributed by atoms with Crippen LogP contribution in [-0.4, -0.2) is 69.6 Å². The molecule has 2 rings (SSSR count). The first-order valence-electron chi connectivity index (χ1n) is 16.0. The van der Waals surface area contributed by atoms with Crippen molar-refractivity contribution in [3.63, 3.8) is 0 Å². The van der Waals surface area contributed by atoms with Gasteiger partial charge in [0, 0.05) is 19.3 Å². The summed E-state index contributed by atoms with van der Waals surface area (Å²) in [5.74, 6) is -4.29. The van der Waals surface area contributed by atoms with Crippen LogP contribution in [0.15, 0.2) is 15.8 Å². The van der Waals surface area contributed by atoms with Gasteiger partial charge < -0.3 is 28.8 Å². The number of hydrogen-bond acceptors (Lipinski definition) is 12. The zero-order chi connectivity index (χ0) is 34.3. The first-order valence-corrected chi connectivity index (χ1v) is 16.0. The number of ketones is 1. The van der Waals surface area contributed by atoms with Gasteiger partial charge in [-0.2, -0.15) is 4.39 Å². The first kappa shape index (κ1) is 38.6. The molecule has 0 unspecified atom stereocenters. The van der Waals surface area contributed by atoms with Crippen LogP contribution in [0.4, 0.5) is 9.18 Å². The van der Waals surface area contributed by atoms with Crippen LogP contribution in [0.3, 0.4) is 0 Å². The Bertz CT molecular complexity index is 1310. The highest BCUT2D eigenvalue weighted by Gasteiger charge is 2.65. The van der Waals surface area contributed by atoms with Gasteiger partial charge in [0.15, 0.2) is 18.1 Å². The number of unbranched alkanes of at least 4 members (excludes halogenated alkanes) is 5. The zero-order valence-corrected chi connectivity index (χ0v) is 27.2. The number of carbonyl (C=O) groups is 4. The molecule has 15 heteroatoms. The van der Waals surface area contributed by atoms with Crippen molar-refractivity contribution in [1.82, 2.24) is 9.13 Å². The van der Waals surface area contributed by atoms with Gasteiger partial charge in [0.25, 0.3) is 5.56 Å². The Labute approximate surface area is 267 Å². The van der Waals surface area contributed by atoms with Gasteiger partial charge in [0.05, 0.1) is 19.4 Å². The van der Waals surface area contributed by atoms with Crippen LogP contribution in [0, 0.1) is 5.82 Å². The van der Waals surface area contributed by atoms with E-state index < -0.39 is 78.1 Å². The molecule has 0 aliphatic carbocycles. The second kappa shape index (κ2) is 18.5. The maximum atomic E-state index is 15.1. The van der Waals surface area contributed by atoms with Crippen LogP contribution in [0.25, 0.3) is 0 Å². The molecule has 0 bridgehead atoms. The standard InChI is InChI=1S/C31H47FN2O12/c1-5-9-12-13-15-25(36)45-21-33-26(37)22(32)18-34(28(33)39)31(23(35)14-8-4)20-30(41,27(38)42-16-10-6-2)24(46-31)19-44-29(40)43-17-11-7-3/h18,24,41H,5-17,19-21H2,1-4H3/t24-,30+,31+/m1/s1. The number of aliphatic hydroxyl groups is 1. The van der Waals surface area contributed by atoms with E-state index in [4.69, 9.17) is 23.7 Å². The van der Waals surface area contributed by atoms with Gasteiger partial charge in [-0.15, -0.1) is 0 Å². The van der Waals surface area contributed by atoms with E-state index in [1.54, 1.807) is 6.92 Å². The van der Waals surface area contributed by atoms with Gasteiger partial charge in [-0.1, -0.05) is 59.8 Å². The molecule has 14 nitrogen and oxygen atoms in total. The molecule has 0 aromatic carbocycles. The number of ether oxygens (including phenoxy) is 5. The molecule has 1 fully saturated rings. The summed E-state index contributed by atoms with van der Waals surface area (Å²) in [5, 5.41) is 11.7. The average molecular weight is 659 g/mol. The second-order valence-corrected chi connectivity index (χ2v) is 11.2. The maximum Gasteiger partial charge on any atom is 0.508 e. The smallest absolute Gasteiger partial charge is 0.463 e. The van der Waals surface area contributed by atoms with Crippen LogP contribution in [0.5, 0.6) is 0 Å². The minimum atomic E-state index is -2.66.